The van der Waals surface area contributed by atoms with Crippen molar-refractivity contribution in [1.82, 2.24) is 14.7 Å². The summed E-state index contributed by atoms with van der Waals surface area (Å²) in [5.41, 5.74) is 2.51. The van der Waals surface area contributed by atoms with E-state index in [1.807, 2.05) is 40.4 Å². The van der Waals surface area contributed by atoms with Crippen molar-refractivity contribution in [3.8, 4) is 11.3 Å². The number of nitrogens with zero attached hydrogens (tertiary/aromatic N) is 2. The molecular weight excluding hydrogens is 369 g/mol. The molecule has 4 aromatic rings. The summed E-state index contributed by atoms with van der Waals surface area (Å²) in [6.45, 7) is 1.98. The third kappa shape index (κ3) is 3.40. The van der Waals surface area contributed by atoms with E-state index in [-0.39, 0.29) is 24.2 Å². The fraction of sp³-hybridized carbons (Fsp3) is 0.158. The largest absolute Gasteiger partial charge is 0.348 e. The smallest absolute Gasteiger partial charge is 0.226 e. The van der Waals surface area contributed by atoms with Gasteiger partial charge in [-0.05, 0) is 42.6 Å². The van der Waals surface area contributed by atoms with Crippen LogP contribution >= 0.6 is 22.7 Å². The van der Waals surface area contributed by atoms with E-state index in [1.165, 1.54) is 23.5 Å². The summed E-state index contributed by atoms with van der Waals surface area (Å²) < 4.78 is 15.0. The first-order chi connectivity index (χ1) is 12.6. The van der Waals surface area contributed by atoms with E-state index in [1.54, 1.807) is 23.5 Å². The molecule has 0 aliphatic rings. The lowest BCUT2D eigenvalue weighted by atomic mass is 10.2. The van der Waals surface area contributed by atoms with Crippen LogP contribution in [-0.2, 0) is 11.2 Å². The van der Waals surface area contributed by atoms with E-state index in [9.17, 15) is 9.18 Å². The van der Waals surface area contributed by atoms with Gasteiger partial charge in [-0.25, -0.2) is 9.37 Å². The van der Waals surface area contributed by atoms with Crippen LogP contribution in [0, 0.1) is 5.82 Å². The number of rotatable bonds is 5. The molecule has 0 saturated carbocycles. The minimum Gasteiger partial charge on any atom is -0.348 e. The number of carbonyl (C=O) groups is 1. The predicted molar refractivity (Wildman–Crippen MR) is 103 cm³/mol. The van der Waals surface area contributed by atoms with Gasteiger partial charge in [0.15, 0.2) is 4.96 Å². The third-order valence-corrected chi connectivity index (χ3v) is 6.06. The Morgan fingerprint density at radius 2 is 2.08 bits per heavy atom. The first-order valence-corrected chi connectivity index (χ1v) is 9.90. The van der Waals surface area contributed by atoms with Crippen molar-refractivity contribution < 1.29 is 9.18 Å². The number of hydrogen-bond donors (Lipinski definition) is 1. The van der Waals surface area contributed by atoms with E-state index in [0.717, 1.165) is 26.8 Å². The summed E-state index contributed by atoms with van der Waals surface area (Å²) in [7, 11) is 0. The number of benzene rings is 1. The molecule has 0 spiro atoms. The summed E-state index contributed by atoms with van der Waals surface area (Å²) in [5, 5.41) is 6.98. The van der Waals surface area contributed by atoms with Gasteiger partial charge >= 0.3 is 0 Å². The molecule has 3 heterocycles. The molecule has 4 rings (SSSR count). The van der Waals surface area contributed by atoms with Gasteiger partial charge in [0, 0.05) is 27.7 Å². The molecule has 4 nitrogen and oxygen atoms in total. The quantitative estimate of drug-likeness (QED) is 0.542. The second-order valence-electron chi connectivity index (χ2n) is 5.99. The number of thiazole rings is 1. The van der Waals surface area contributed by atoms with Gasteiger partial charge in [0.2, 0.25) is 5.91 Å². The van der Waals surface area contributed by atoms with E-state index in [0.29, 0.717) is 0 Å². The van der Waals surface area contributed by atoms with Crippen LogP contribution in [-0.4, -0.2) is 15.3 Å². The Kier molecular flexibility index (Phi) is 4.57. The normalized spacial score (nSPS) is 12.4. The summed E-state index contributed by atoms with van der Waals surface area (Å²) in [6, 6.07) is 10.2. The van der Waals surface area contributed by atoms with E-state index >= 15 is 0 Å². The van der Waals surface area contributed by atoms with Crippen molar-refractivity contribution in [1.29, 1.82) is 0 Å². The van der Waals surface area contributed by atoms with Crippen LogP contribution in [0.3, 0.4) is 0 Å². The number of fused-ring (bicyclic) bond motifs is 1. The van der Waals surface area contributed by atoms with Crippen LogP contribution in [0.25, 0.3) is 16.2 Å². The van der Waals surface area contributed by atoms with Gasteiger partial charge in [-0.2, -0.15) is 0 Å². The average Bonchev–Trinajstić information content (AvgIpc) is 3.33. The SMILES string of the molecule is C[C@H](NC(=O)Cc1csc2nc(-c3ccc(F)cc3)cn12)c1cccs1. The molecule has 0 unspecified atom stereocenters. The van der Waals surface area contributed by atoms with Gasteiger partial charge in [0.25, 0.3) is 0 Å². The lowest BCUT2D eigenvalue weighted by Crippen LogP contribution is -2.27. The second kappa shape index (κ2) is 7.01. The Bertz CT molecular complexity index is 1030. The van der Waals surface area contributed by atoms with Crippen molar-refractivity contribution >= 4 is 33.5 Å². The Morgan fingerprint density at radius 3 is 2.81 bits per heavy atom. The van der Waals surface area contributed by atoms with Crippen LogP contribution < -0.4 is 5.32 Å². The highest BCUT2D eigenvalue weighted by molar-refractivity contribution is 7.15. The minimum absolute atomic E-state index is 0.00538. The molecule has 0 bridgehead atoms. The van der Waals surface area contributed by atoms with Gasteiger partial charge in [-0.15, -0.1) is 22.7 Å². The Labute approximate surface area is 158 Å². The zero-order valence-electron chi connectivity index (χ0n) is 14.0. The van der Waals surface area contributed by atoms with Crippen molar-refractivity contribution in [3.63, 3.8) is 0 Å². The van der Waals surface area contributed by atoms with Gasteiger partial charge in [0.1, 0.15) is 5.82 Å². The number of aromatic nitrogens is 2. The molecule has 1 N–H and O–H groups in total. The number of thiophene rings is 1. The Hall–Kier alpha value is -2.51. The number of carbonyl (C=O) groups excluding carboxylic acids is 1. The Balaban J connectivity index is 1.51. The zero-order valence-corrected chi connectivity index (χ0v) is 15.6. The standard InChI is InChI=1S/C19H16FN3OS2/c1-12(17-3-2-8-25-17)21-18(24)9-15-11-26-19-22-16(10-23(15)19)13-4-6-14(20)7-5-13/h2-8,10-12H,9H2,1H3,(H,21,24)/t12-/m0/s1. The molecular formula is C19H16FN3OS2. The molecule has 3 aromatic heterocycles. The molecule has 26 heavy (non-hydrogen) atoms. The molecule has 0 aliphatic carbocycles. The van der Waals surface area contributed by atoms with Crippen LogP contribution in [0.15, 0.2) is 53.4 Å². The van der Waals surface area contributed by atoms with E-state index < -0.39 is 0 Å². The van der Waals surface area contributed by atoms with Gasteiger partial charge in [-0.1, -0.05) is 6.07 Å². The first-order valence-electron chi connectivity index (χ1n) is 8.14. The lowest BCUT2D eigenvalue weighted by molar-refractivity contribution is -0.121. The maximum absolute atomic E-state index is 13.1. The Morgan fingerprint density at radius 1 is 1.27 bits per heavy atom. The van der Waals surface area contributed by atoms with E-state index in [2.05, 4.69) is 10.3 Å². The van der Waals surface area contributed by atoms with Crippen LogP contribution in [0.5, 0.6) is 0 Å². The summed E-state index contributed by atoms with van der Waals surface area (Å²) in [6.07, 6.45) is 2.18. The van der Waals surface area contributed by atoms with Crippen LogP contribution in [0.2, 0.25) is 0 Å². The molecule has 7 heteroatoms. The fourth-order valence-corrected chi connectivity index (χ4v) is 4.39. The van der Waals surface area contributed by atoms with E-state index in [4.69, 9.17) is 0 Å². The maximum Gasteiger partial charge on any atom is 0.226 e. The monoisotopic (exact) mass is 385 g/mol. The van der Waals surface area contributed by atoms with Gasteiger partial charge in [0.05, 0.1) is 18.2 Å². The van der Waals surface area contributed by atoms with Crippen molar-refractivity contribution in [3.05, 3.63) is 69.7 Å². The summed E-state index contributed by atoms with van der Waals surface area (Å²) in [5.74, 6) is -0.297. The highest BCUT2D eigenvalue weighted by Gasteiger charge is 2.15. The molecule has 1 amide bonds. The van der Waals surface area contributed by atoms with Gasteiger partial charge in [-0.3, -0.25) is 9.20 Å². The van der Waals surface area contributed by atoms with Gasteiger partial charge < -0.3 is 5.32 Å². The van der Waals surface area contributed by atoms with Crippen LogP contribution in [0.1, 0.15) is 23.5 Å². The molecule has 1 atom stereocenters. The fourth-order valence-electron chi connectivity index (χ4n) is 2.78. The number of nitrogens with one attached hydrogen (secondary N) is 1. The lowest BCUT2D eigenvalue weighted by Gasteiger charge is -2.11. The van der Waals surface area contributed by atoms with Crippen LogP contribution in [0.4, 0.5) is 4.39 Å². The molecule has 0 saturated heterocycles. The number of imidazole rings is 1. The molecule has 1 aromatic carbocycles. The van der Waals surface area contributed by atoms with Crippen molar-refractivity contribution in [2.24, 2.45) is 0 Å². The predicted octanol–water partition coefficient (Wildman–Crippen LogP) is 4.68. The number of hydrogen-bond acceptors (Lipinski definition) is 4. The average molecular weight is 385 g/mol. The number of halogens is 1. The molecule has 0 aliphatic heterocycles. The van der Waals surface area contributed by atoms with Crippen molar-refractivity contribution in [2.45, 2.75) is 19.4 Å². The maximum atomic E-state index is 13.1. The molecule has 0 fully saturated rings. The highest BCUT2D eigenvalue weighted by Crippen LogP contribution is 2.24. The highest BCUT2D eigenvalue weighted by atomic mass is 32.1. The summed E-state index contributed by atoms with van der Waals surface area (Å²) in [4.78, 5) is 18.9. The minimum atomic E-state index is -0.271. The third-order valence-electron chi connectivity index (χ3n) is 4.11. The molecule has 0 radical (unpaired) electrons. The zero-order chi connectivity index (χ0) is 18.1. The first kappa shape index (κ1) is 16.9. The number of amides is 1. The summed E-state index contributed by atoms with van der Waals surface area (Å²) >= 11 is 3.12. The molecule has 132 valence electrons. The topological polar surface area (TPSA) is 46.4 Å². The van der Waals surface area contributed by atoms with Crippen molar-refractivity contribution in [2.75, 3.05) is 0 Å². The second-order valence-corrected chi connectivity index (χ2v) is 7.81.